The molecule has 0 fully saturated rings. The zero-order valence-corrected chi connectivity index (χ0v) is 9.40. The first-order valence-corrected chi connectivity index (χ1v) is 5.41. The van der Waals surface area contributed by atoms with Gasteiger partial charge in [-0.2, -0.15) is 0 Å². The smallest absolute Gasteiger partial charge is 0.409 e. The largest absolute Gasteiger partial charge is 0.453 e. The Morgan fingerprint density at radius 3 is 2.69 bits per heavy atom. The van der Waals surface area contributed by atoms with E-state index in [0.29, 0.717) is 13.1 Å². The van der Waals surface area contributed by atoms with Crippen LogP contribution in [0, 0.1) is 0 Å². The predicted molar refractivity (Wildman–Crippen MR) is 62.2 cm³/mol. The van der Waals surface area contributed by atoms with Crippen LogP contribution in [-0.2, 0) is 17.6 Å². The van der Waals surface area contributed by atoms with E-state index >= 15 is 0 Å². The highest BCUT2D eigenvalue weighted by molar-refractivity contribution is 5.67. The molecule has 0 unspecified atom stereocenters. The molecule has 1 aliphatic rings. The van der Waals surface area contributed by atoms with Gasteiger partial charge >= 0.3 is 6.09 Å². The van der Waals surface area contributed by atoms with Crippen molar-refractivity contribution in [2.75, 3.05) is 25.9 Å². The molecular formula is C12H16N2O2. The van der Waals surface area contributed by atoms with Gasteiger partial charge in [0.2, 0.25) is 0 Å². The summed E-state index contributed by atoms with van der Waals surface area (Å²) in [6.45, 7) is 1.41. The molecule has 0 saturated heterocycles. The summed E-state index contributed by atoms with van der Waals surface area (Å²) >= 11 is 0. The molecule has 1 aromatic rings. The highest BCUT2D eigenvalue weighted by Gasteiger charge is 2.18. The van der Waals surface area contributed by atoms with E-state index in [0.717, 1.165) is 18.5 Å². The van der Waals surface area contributed by atoms with Gasteiger partial charge in [0.25, 0.3) is 0 Å². The zero-order valence-electron chi connectivity index (χ0n) is 9.40. The highest BCUT2D eigenvalue weighted by Crippen LogP contribution is 2.19. The van der Waals surface area contributed by atoms with Crippen LogP contribution in [0.2, 0.25) is 0 Å². The molecule has 0 aliphatic carbocycles. The molecule has 16 heavy (non-hydrogen) atoms. The number of benzene rings is 1. The molecule has 0 saturated carbocycles. The van der Waals surface area contributed by atoms with Crippen molar-refractivity contribution < 1.29 is 9.53 Å². The number of fused-ring (bicyclic) bond motifs is 1. The van der Waals surface area contributed by atoms with Gasteiger partial charge in [0.1, 0.15) is 0 Å². The van der Waals surface area contributed by atoms with Gasteiger partial charge in [-0.25, -0.2) is 4.79 Å². The minimum atomic E-state index is -0.249. The third-order valence-corrected chi connectivity index (χ3v) is 2.97. The molecule has 0 bridgehead atoms. The van der Waals surface area contributed by atoms with Crippen LogP contribution in [0.4, 0.5) is 10.5 Å². The number of methoxy groups -OCH3 is 1. The van der Waals surface area contributed by atoms with Crippen LogP contribution >= 0.6 is 0 Å². The van der Waals surface area contributed by atoms with Gasteiger partial charge in [0.05, 0.1) is 7.11 Å². The number of rotatable bonds is 0. The molecule has 4 heteroatoms. The second-order valence-electron chi connectivity index (χ2n) is 3.99. The van der Waals surface area contributed by atoms with Gasteiger partial charge in [-0.1, -0.05) is 6.07 Å². The lowest BCUT2D eigenvalue weighted by atomic mass is 10.0. The van der Waals surface area contributed by atoms with Crippen LogP contribution in [0.5, 0.6) is 0 Å². The van der Waals surface area contributed by atoms with Crippen molar-refractivity contribution in [3.05, 3.63) is 29.3 Å². The zero-order chi connectivity index (χ0) is 11.5. The summed E-state index contributed by atoms with van der Waals surface area (Å²) in [5.74, 6) is 0. The van der Waals surface area contributed by atoms with Gasteiger partial charge < -0.3 is 15.4 Å². The minimum absolute atomic E-state index is 0.249. The highest BCUT2D eigenvalue weighted by atomic mass is 16.5. The number of nitrogens with zero attached hydrogens (tertiary/aromatic N) is 1. The summed E-state index contributed by atoms with van der Waals surface area (Å²) in [6.07, 6.45) is 1.46. The molecule has 86 valence electrons. The van der Waals surface area contributed by atoms with E-state index in [1.54, 1.807) is 4.90 Å². The molecule has 1 aliphatic heterocycles. The molecule has 0 radical (unpaired) electrons. The van der Waals surface area contributed by atoms with E-state index in [-0.39, 0.29) is 6.09 Å². The van der Waals surface area contributed by atoms with E-state index < -0.39 is 0 Å². The number of hydrogen-bond donors (Lipinski definition) is 1. The first kappa shape index (κ1) is 10.8. The van der Waals surface area contributed by atoms with Crippen molar-refractivity contribution in [2.24, 2.45) is 0 Å². The molecule has 4 nitrogen and oxygen atoms in total. The van der Waals surface area contributed by atoms with Crippen LogP contribution in [0.15, 0.2) is 18.2 Å². The van der Waals surface area contributed by atoms with Gasteiger partial charge in [-0.05, 0) is 36.1 Å². The maximum absolute atomic E-state index is 11.4. The molecule has 0 aromatic heterocycles. The average molecular weight is 220 g/mol. The Morgan fingerprint density at radius 1 is 1.31 bits per heavy atom. The normalized spacial score (nSPS) is 15.2. The topological polar surface area (TPSA) is 55.6 Å². The lowest BCUT2D eigenvalue weighted by Gasteiger charge is -2.17. The van der Waals surface area contributed by atoms with E-state index in [1.165, 1.54) is 18.2 Å². The minimum Gasteiger partial charge on any atom is -0.453 e. The quantitative estimate of drug-likeness (QED) is 0.673. The van der Waals surface area contributed by atoms with E-state index in [9.17, 15) is 4.79 Å². The fraction of sp³-hybridized carbons (Fsp3) is 0.417. The predicted octanol–water partition coefficient (Wildman–Crippen LogP) is 1.44. The Balaban J connectivity index is 2.15. The van der Waals surface area contributed by atoms with Gasteiger partial charge in [-0.15, -0.1) is 0 Å². The van der Waals surface area contributed by atoms with Crippen molar-refractivity contribution in [3.8, 4) is 0 Å². The summed E-state index contributed by atoms with van der Waals surface area (Å²) in [5.41, 5.74) is 9.05. The van der Waals surface area contributed by atoms with Gasteiger partial charge in [-0.3, -0.25) is 0 Å². The number of hydrogen-bond acceptors (Lipinski definition) is 3. The van der Waals surface area contributed by atoms with Crippen molar-refractivity contribution in [1.29, 1.82) is 0 Å². The van der Waals surface area contributed by atoms with Crippen molar-refractivity contribution >= 4 is 11.8 Å². The monoisotopic (exact) mass is 220 g/mol. The van der Waals surface area contributed by atoms with Crippen LogP contribution < -0.4 is 5.73 Å². The third-order valence-electron chi connectivity index (χ3n) is 2.97. The molecule has 1 heterocycles. The van der Waals surface area contributed by atoms with Crippen molar-refractivity contribution in [2.45, 2.75) is 12.8 Å². The maximum Gasteiger partial charge on any atom is 0.409 e. The number of ether oxygens (including phenoxy) is 1. The Hall–Kier alpha value is -1.71. The molecule has 0 atom stereocenters. The molecule has 1 amide bonds. The van der Waals surface area contributed by atoms with Crippen LogP contribution in [0.3, 0.4) is 0 Å². The average Bonchev–Trinajstić information content (AvgIpc) is 2.50. The Morgan fingerprint density at radius 2 is 2.00 bits per heavy atom. The van der Waals surface area contributed by atoms with E-state index in [1.807, 2.05) is 18.2 Å². The van der Waals surface area contributed by atoms with Crippen LogP contribution in [-0.4, -0.2) is 31.2 Å². The SMILES string of the molecule is COC(=O)N1CCc2ccc(N)cc2CC1. The summed E-state index contributed by atoms with van der Waals surface area (Å²) in [7, 11) is 1.42. The number of nitrogens with two attached hydrogens (primary N) is 1. The molecule has 1 aromatic carbocycles. The van der Waals surface area contributed by atoms with Crippen molar-refractivity contribution in [1.82, 2.24) is 4.90 Å². The standard InChI is InChI=1S/C12H16N2O2/c1-16-12(15)14-6-4-9-2-3-11(13)8-10(9)5-7-14/h2-3,8H,4-7,13H2,1H3. The second-order valence-corrected chi connectivity index (χ2v) is 3.99. The first-order chi connectivity index (χ1) is 7.70. The molecule has 0 spiro atoms. The van der Waals surface area contributed by atoms with E-state index in [4.69, 9.17) is 10.5 Å². The lowest BCUT2D eigenvalue weighted by molar-refractivity contribution is 0.125. The summed E-state index contributed by atoms with van der Waals surface area (Å²) < 4.78 is 4.73. The Kier molecular flexibility index (Phi) is 2.99. The summed E-state index contributed by atoms with van der Waals surface area (Å²) in [6, 6.07) is 5.95. The number of anilines is 1. The number of nitrogen functional groups attached to an aromatic ring is 1. The summed E-state index contributed by atoms with van der Waals surface area (Å²) in [5, 5.41) is 0. The van der Waals surface area contributed by atoms with Gasteiger partial charge in [0, 0.05) is 18.8 Å². The Bertz CT molecular complexity index is 404. The van der Waals surface area contributed by atoms with E-state index in [2.05, 4.69) is 0 Å². The lowest BCUT2D eigenvalue weighted by Crippen LogP contribution is -2.33. The summed E-state index contributed by atoms with van der Waals surface area (Å²) in [4.78, 5) is 13.1. The number of carbonyl (C=O) groups excluding carboxylic acids is 1. The van der Waals surface area contributed by atoms with Crippen LogP contribution in [0.1, 0.15) is 11.1 Å². The number of amides is 1. The Labute approximate surface area is 95.0 Å². The first-order valence-electron chi connectivity index (χ1n) is 5.41. The van der Waals surface area contributed by atoms with Crippen LogP contribution in [0.25, 0.3) is 0 Å². The number of carbonyl (C=O) groups is 1. The molecule has 2 rings (SSSR count). The third kappa shape index (κ3) is 2.10. The second kappa shape index (κ2) is 4.43. The van der Waals surface area contributed by atoms with Crippen molar-refractivity contribution in [3.63, 3.8) is 0 Å². The van der Waals surface area contributed by atoms with Gasteiger partial charge in [0.15, 0.2) is 0 Å². The maximum atomic E-state index is 11.4. The molecule has 2 N–H and O–H groups in total. The molecular weight excluding hydrogens is 204 g/mol. The fourth-order valence-electron chi connectivity index (χ4n) is 2.06. The fourth-order valence-corrected chi connectivity index (χ4v) is 2.06.